The summed E-state index contributed by atoms with van der Waals surface area (Å²) in [5.74, 6) is 0.637. The molecule has 1 fully saturated rings. The minimum absolute atomic E-state index is 0. The van der Waals surface area contributed by atoms with Crippen LogP contribution in [0, 0.1) is 0 Å². The Labute approximate surface area is 69.9 Å². The molecular formula is C6H9ClN2S. The molecule has 0 aliphatic heterocycles. The van der Waals surface area contributed by atoms with Crippen LogP contribution in [0.15, 0.2) is 11.7 Å². The monoisotopic (exact) mass is 176 g/mol. The summed E-state index contributed by atoms with van der Waals surface area (Å²) in [6, 6.07) is 0.422. The van der Waals surface area contributed by atoms with E-state index < -0.39 is 0 Å². The summed E-state index contributed by atoms with van der Waals surface area (Å²) in [6.45, 7) is 0. The Morgan fingerprint density at radius 2 is 2.40 bits per heavy atom. The molecule has 1 aliphatic rings. The highest BCUT2D eigenvalue weighted by Gasteiger charge is 2.35. The number of nitrogens with zero attached hydrogens (tertiary/aromatic N) is 1. The number of hydrogen-bond acceptors (Lipinski definition) is 3. The van der Waals surface area contributed by atoms with Crippen LogP contribution in [0.3, 0.4) is 0 Å². The Morgan fingerprint density at radius 1 is 1.70 bits per heavy atom. The lowest BCUT2D eigenvalue weighted by atomic mass is 10.4. The van der Waals surface area contributed by atoms with Gasteiger partial charge in [-0.25, -0.2) is 0 Å². The van der Waals surface area contributed by atoms with Gasteiger partial charge in [-0.05, 0) is 6.42 Å². The Morgan fingerprint density at radius 3 is 2.80 bits per heavy atom. The second kappa shape index (κ2) is 2.86. The topological polar surface area (TPSA) is 38.9 Å². The summed E-state index contributed by atoms with van der Waals surface area (Å²) >= 11 is 1.71. The first kappa shape index (κ1) is 7.98. The predicted molar refractivity (Wildman–Crippen MR) is 44.7 cm³/mol. The Kier molecular flexibility index (Phi) is 2.28. The van der Waals surface area contributed by atoms with Gasteiger partial charge in [-0.15, -0.1) is 23.7 Å². The van der Waals surface area contributed by atoms with Crippen molar-refractivity contribution < 1.29 is 0 Å². The highest BCUT2D eigenvalue weighted by atomic mass is 35.5. The van der Waals surface area contributed by atoms with Gasteiger partial charge in [-0.1, -0.05) is 0 Å². The molecule has 0 radical (unpaired) electrons. The van der Waals surface area contributed by atoms with Crippen molar-refractivity contribution in [2.75, 3.05) is 0 Å². The van der Waals surface area contributed by atoms with Gasteiger partial charge < -0.3 is 5.73 Å². The molecule has 1 heterocycles. The maximum absolute atomic E-state index is 5.64. The lowest BCUT2D eigenvalue weighted by Gasteiger charge is -1.84. The van der Waals surface area contributed by atoms with E-state index in [1.165, 1.54) is 4.88 Å². The van der Waals surface area contributed by atoms with Crippen LogP contribution in [0.1, 0.15) is 17.2 Å². The van der Waals surface area contributed by atoms with E-state index in [2.05, 4.69) is 4.98 Å². The molecule has 1 aliphatic carbocycles. The molecule has 1 saturated carbocycles. The quantitative estimate of drug-likeness (QED) is 0.702. The number of rotatable bonds is 1. The maximum atomic E-state index is 5.64. The lowest BCUT2D eigenvalue weighted by Crippen LogP contribution is -1.99. The van der Waals surface area contributed by atoms with Crippen molar-refractivity contribution in [3.63, 3.8) is 0 Å². The van der Waals surface area contributed by atoms with Gasteiger partial charge in [0.25, 0.3) is 0 Å². The van der Waals surface area contributed by atoms with E-state index in [0.717, 1.165) is 6.42 Å². The van der Waals surface area contributed by atoms with Gasteiger partial charge in [-0.3, -0.25) is 4.98 Å². The summed E-state index contributed by atoms with van der Waals surface area (Å²) in [6.07, 6.45) is 3.07. The van der Waals surface area contributed by atoms with Crippen molar-refractivity contribution in [1.29, 1.82) is 0 Å². The molecule has 0 bridgehead atoms. The zero-order valence-electron chi connectivity index (χ0n) is 5.36. The molecule has 1 aromatic heterocycles. The molecule has 2 atom stereocenters. The van der Waals surface area contributed by atoms with E-state index in [9.17, 15) is 0 Å². The van der Waals surface area contributed by atoms with Gasteiger partial charge in [0.2, 0.25) is 0 Å². The van der Waals surface area contributed by atoms with Crippen molar-refractivity contribution in [2.45, 2.75) is 18.4 Å². The fourth-order valence-electron chi connectivity index (χ4n) is 0.951. The second-order valence-corrected chi connectivity index (χ2v) is 3.33. The van der Waals surface area contributed by atoms with Crippen molar-refractivity contribution in [1.82, 2.24) is 4.98 Å². The number of hydrogen-bond donors (Lipinski definition) is 1. The van der Waals surface area contributed by atoms with Crippen molar-refractivity contribution >= 4 is 23.7 Å². The van der Waals surface area contributed by atoms with E-state index >= 15 is 0 Å². The van der Waals surface area contributed by atoms with E-state index in [-0.39, 0.29) is 12.4 Å². The third-order valence-electron chi connectivity index (χ3n) is 1.66. The summed E-state index contributed by atoms with van der Waals surface area (Å²) in [7, 11) is 0. The van der Waals surface area contributed by atoms with Gasteiger partial charge in [0.15, 0.2) is 0 Å². The highest BCUT2D eigenvalue weighted by Crippen LogP contribution is 2.40. The molecule has 0 aromatic carbocycles. The smallest absolute Gasteiger partial charge is 0.0794 e. The van der Waals surface area contributed by atoms with Gasteiger partial charge in [0.05, 0.1) is 5.51 Å². The highest BCUT2D eigenvalue weighted by molar-refractivity contribution is 7.09. The molecule has 2 nitrogen and oxygen atoms in total. The normalized spacial score (nSPS) is 29.3. The fraction of sp³-hybridized carbons (Fsp3) is 0.500. The zero-order chi connectivity index (χ0) is 6.27. The molecule has 4 heteroatoms. The average Bonchev–Trinajstić information content (AvgIpc) is 2.44. The number of aromatic nitrogens is 1. The third-order valence-corrected chi connectivity index (χ3v) is 2.56. The van der Waals surface area contributed by atoms with Gasteiger partial charge in [0, 0.05) is 23.0 Å². The van der Waals surface area contributed by atoms with Crippen LogP contribution in [-0.4, -0.2) is 11.0 Å². The van der Waals surface area contributed by atoms with Crippen LogP contribution in [0.4, 0.5) is 0 Å². The Balaban J connectivity index is 0.000000500. The molecule has 56 valence electrons. The zero-order valence-corrected chi connectivity index (χ0v) is 6.99. The Bertz CT molecular complexity index is 200. The standard InChI is InChI=1S/C6H8N2S.ClH/c7-5-1-4(5)6-2-8-3-9-6;/h2-5H,1,7H2;1H/t4-,5-;/m0./s1. The van der Waals surface area contributed by atoms with E-state index in [4.69, 9.17) is 5.73 Å². The molecule has 0 spiro atoms. The first-order valence-electron chi connectivity index (χ1n) is 3.02. The minimum Gasteiger partial charge on any atom is -0.327 e. The second-order valence-electron chi connectivity index (χ2n) is 2.41. The average molecular weight is 177 g/mol. The lowest BCUT2D eigenvalue weighted by molar-refractivity contribution is 1.00. The predicted octanol–water partition coefficient (Wildman–Crippen LogP) is 1.38. The van der Waals surface area contributed by atoms with Crippen molar-refractivity contribution in [3.8, 4) is 0 Å². The molecule has 10 heavy (non-hydrogen) atoms. The number of nitrogens with two attached hydrogens (primary N) is 1. The third kappa shape index (κ3) is 1.31. The van der Waals surface area contributed by atoms with Crippen LogP contribution >= 0.6 is 23.7 Å². The van der Waals surface area contributed by atoms with E-state index in [1.54, 1.807) is 11.3 Å². The SMILES string of the molecule is Cl.N[C@H]1C[C@@H]1c1cncs1. The summed E-state index contributed by atoms with van der Waals surface area (Å²) in [5.41, 5.74) is 7.50. The van der Waals surface area contributed by atoms with Crippen LogP contribution in [0.25, 0.3) is 0 Å². The van der Waals surface area contributed by atoms with Crippen LogP contribution < -0.4 is 5.73 Å². The molecule has 0 saturated heterocycles. The van der Waals surface area contributed by atoms with E-state index in [1.807, 2.05) is 11.7 Å². The molecule has 2 N–H and O–H groups in total. The molecule has 0 amide bonds. The Hall–Kier alpha value is -0.120. The number of thiazole rings is 1. The van der Waals surface area contributed by atoms with Gasteiger partial charge >= 0.3 is 0 Å². The van der Waals surface area contributed by atoms with Crippen LogP contribution in [0.2, 0.25) is 0 Å². The van der Waals surface area contributed by atoms with Crippen molar-refractivity contribution in [3.05, 3.63) is 16.6 Å². The van der Waals surface area contributed by atoms with E-state index in [0.29, 0.717) is 12.0 Å². The molecule has 2 rings (SSSR count). The molecule has 0 unspecified atom stereocenters. The van der Waals surface area contributed by atoms with Crippen LogP contribution in [0.5, 0.6) is 0 Å². The summed E-state index contributed by atoms with van der Waals surface area (Å²) < 4.78 is 0. The summed E-state index contributed by atoms with van der Waals surface area (Å²) in [5, 5.41) is 0. The molecule has 1 aromatic rings. The largest absolute Gasteiger partial charge is 0.327 e. The van der Waals surface area contributed by atoms with Gasteiger partial charge in [0.1, 0.15) is 0 Å². The van der Waals surface area contributed by atoms with Crippen LogP contribution in [-0.2, 0) is 0 Å². The van der Waals surface area contributed by atoms with Crippen molar-refractivity contribution in [2.24, 2.45) is 5.73 Å². The first-order chi connectivity index (χ1) is 4.38. The summed E-state index contributed by atoms with van der Waals surface area (Å²) in [4.78, 5) is 5.33. The molecular weight excluding hydrogens is 168 g/mol. The van der Waals surface area contributed by atoms with Gasteiger partial charge in [-0.2, -0.15) is 0 Å². The maximum Gasteiger partial charge on any atom is 0.0794 e. The number of halogens is 1. The fourth-order valence-corrected chi connectivity index (χ4v) is 1.76. The minimum atomic E-state index is 0. The first-order valence-corrected chi connectivity index (χ1v) is 3.90.